The maximum Gasteiger partial charge on any atom is 0.242 e. The van der Waals surface area contributed by atoms with E-state index in [4.69, 9.17) is 16.3 Å². The predicted molar refractivity (Wildman–Crippen MR) is 86.5 cm³/mol. The molecule has 0 bridgehead atoms. The summed E-state index contributed by atoms with van der Waals surface area (Å²) in [6, 6.07) is 3.19. The second kappa shape index (κ2) is 6.83. The Morgan fingerprint density at radius 2 is 2.19 bits per heavy atom. The third kappa shape index (κ3) is 4.10. The molecule has 2 rings (SSSR count). The van der Waals surface area contributed by atoms with E-state index in [1.54, 1.807) is 6.07 Å². The summed E-state index contributed by atoms with van der Waals surface area (Å²) in [5, 5.41) is 3.55. The van der Waals surface area contributed by atoms with Gasteiger partial charge in [0.2, 0.25) is 10.0 Å². The van der Waals surface area contributed by atoms with E-state index in [-0.39, 0.29) is 16.0 Å². The normalized spacial score (nSPS) is 23.0. The average molecular weight is 398 g/mol. The Kier molecular flexibility index (Phi) is 5.54. The van der Waals surface area contributed by atoms with Crippen LogP contribution < -0.4 is 14.8 Å². The van der Waals surface area contributed by atoms with Crippen molar-refractivity contribution in [3.05, 3.63) is 21.6 Å². The molecule has 2 N–H and O–H groups in total. The van der Waals surface area contributed by atoms with Crippen molar-refractivity contribution in [1.29, 1.82) is 0 Å². The standard InChI is InChI=1S/C13H18BrClN2O3S/c1-8-5-9(3-4-16-8)17-21(18,19)13-7-11(15)12(20-2)6-10(13)14/h6-9,16-17H,3-5H2,1-2H3. The molecule has 2 unspecified atom stereocenters. The van der Waals surface area contributed by atoms with E-state index in [9.17, 15) is 8.42 Å². The van der Waals surface area contributed by atoms with Gasteiger partial charge in [-0.15, -0.1) is 0 Å². The first-order chi connectivity index (χ1) is 9.83. The fourth-order valence-corrected chi connectivity index (χ4v) is 5.03. The molecule has 1 aliphatic heterocycles. The van der Waals surface area contributed by atoms with E-state index < -0.39 is 10.0 Å². The lowest BCUT2D eigenvalue weighted by Gasteiger charge is -2.28. The van der Waals surface area contributed by atoms with Crippen molar-refractivity contribution in [3.8, 4) is 5.75 Å². The average Bonchev–Trinajstić information content (AvgIpc) is 2.40. The van der Waals surface area contributed by atoms with Gasteiger partial charge < -0.3 is 10.1 Å². The summed E-state index contributed by atoms with van der Waals surface area (Å²) in [5.74, 6) is 0.429. The lowest BCUT2D eigenvalue weighted by Crippen LogP contribution is -2.46. The number of methoxy groups -OCH3 is 1. The third-order valence-corrected chi connectivity index (χ3v) is 6.22. The minimum absolute atomic E-state index is 0.0703. The van der Waals surface area contributed by atoms with Gasteiger partial charge in [-0.2, -0.15) is 0 Å². The van der Waals surface area contributed by atoms with Gasteiger partial charge in [-0.25, -0.2) is 13.1 Å². The highest BCUT2D eigenvalue weighted by Crippen LogP contribution is 2.33. The fraction of sp³-hybridized carbons (Fsp3) is 0.538. The van der Waals surface area contributed by atoms with Crippen LogP contribution in [0, 0.1) is 0 Å². The Morgan fingerprint density at radius 3 is 2.81 bits per heavy atom. The summed E-state index contributed by atoms with van der Waals surface area (Å²) in [7, 11) is -2.14. The van der Waals surface area contributed by atoms with Gasteiger partial charge in [-0.1, -0.05) is 11.6 Å². The molecule has 118 valence electrons. The number of hydrogen-bond acceptors (Lipinski definition) is 4. The topological polar surface area (TPSA) is 67.4 Å². The summed E-state index contributed by atoms with van der Waals surface area (Å²) in [6.07, 6.45) is 1.53. The Labute approximate surface area is 138 Å². The van der Waals surface area contributed by atoms with Crippen LogP contribution in [0.4, 0.5) is 0 Å². The summed E-state index contributed by atoms with van der Waals surface area (Å²) in [4.78, 5) is 0.125. The summed E-state index contributed by atoms with van der Waals surface area (Å²) in [6.45, 7) is 2.85. The largest absolute Gasteiger partial charge is 0.495 e. The molecule has 0 spiro atoms. The van der Waals surface area contributed by atoms with E-state index in [2.05, 4.69) is 26.0 Å². The van der Waals surface area contributed by atoms with Gasteiger partial charge in [0.1, 0.15) is 5.75 Å². The first-order valence-electron chi connectivity index (χ1n) is 6.62. The van der Waals surface area contributed by atoms with Crippen molar-refractivity contribution in [3.63, 3.8) is 0 Å². The summed E-state index contributed by atoms with van der Waals surface area (Å²) < 4.78 is 33.3. The number of piperidine rings is 1. The maximum atomic E-state index is 12.5. The zero-order valence-corrected chi connectivity index (χ0v) is 15.0. The van der Waals surface area contributed by atoms with Gasteiger partial charge in [0, 0.05) is 16.6 Å². The molecule has 1 aliphatic rings. The molecule has 0 aromatic heterocycles. The molecule has 1 aromatic carbocycles. The van der Waals surface area contributed by atoms with Crippen LogP contribution >= 0.6 is 27.5 Å². The molecule has 0 saturated carbocycles. The van der Waals surface area contributed by atoms with Gasteiger partial charge in [-0.3, -0.25) is 0 Å². The highest BCUT2D eigenvalue weighted by atomic mass is 79.9. The number of halogens is 2. The lowest BCUT2D eigenvalue weighted by atomic mass is 10.0. The molecule has 21 heavy (non-hydrogen) atoms. The number of benzene rings is 1. The Morgan fingerprint density at radius 1 is 1.48 bits per heavy atom. The zero-order valence-electron chi connectivity index (χ0n) is 11.8. The number of ether oxygens (including phenoxy) is 1. The highest BCUT2D eigenvalue weighted by molar-refractivity contribution is 9.10. The van der Waals surface area contributed by atoms with E-state index >= 15 is 0 Å². The minimum atomic E-state index is -3.63. The molecule has 1 fully saturated rings. The number of nitrogens with one attached hydrogen (secondary N) is 2. The monoisotopic (exact) mass is 396 g/mol. The second-order valence-corrected chi connectivity index (χ2v) is 8.06. The van der Waals surface area contributed by atoms with Gasteiger partial charge in [-0.05, 0) is 54.4 Å². The molecule has 1 saturated heterocycles. The number of hydrogen-bond donors (Lipinski definition) is 2. The van der Waals surface area contributed by atoms with Crippen molar-refractivity contribution in [1.82, 2.24) is 10.0 Å². The predicted octanol–water partition coefficient (Wildman–Crippen LogP) is 2.53. The molecule has 0 radical (unpaired) electrons. The molecule has 1 aromatic rings. The van der Waals surface area contributed by atoms with Gasteiger partial charge in [0.25, 0.3) is 0 Å². The molecule has 5 nitrogen and oxygen atoms in total. The second-order valence-electron chi connectivity index (χ2n) is 5.11. The SMILES string of the molecule is COc1cc(Br)c(S(=O)(=O)NC2CCNC(C)C2)cc1Cl. The van der Waals surface area contributed by atoms with Crippen molar-refractivity contribution in [2.75, 3.05) is 13.7 Å². The van der Waals surface area contributed by atoms with E-state index in [1.165, 1.54) is 13.2 Å². The van der Waals surface area contributed by atoms with Gasteiger partial charge in [0.05, 0.1) is 17.0 Å². The third-order valence-electron chi connectivity index (χ3n) is 3.44. The smallest absolute Gasteiger partial charge is 0.242 e. The van der Waals surface area contributed by atoms with Crippen LogP contribution in [-0.2, 0) is 10.0 Å². The molecule has 0 amide bonds. The van der Waals surface area contributed by atoms with Crippen LogP contribution in [0.2, 0.25) is 5.02 Å². The first-order valence-corrected chi connectivity index (χ1v) is 9.27. The highest BCUT2D eigenvalue weighted by Gasteiger charge is 2.26. The number of sulfonamides is 1. The molecular formula is C13H18BrClN2O3S. The van der Waals surface area contributed by atoms with Crippen LogP contribution in [-0.4, -0.2) is 34.2 Å². The lowest BCUT2D eigenvalue weighted by molar-refractivity contribution is 0.361. The molecule has 8 heteroatoms. The Balaban J connectivity index is 2.25. The summed E-state index contributed by atoms with van der Waals surface area (Å²) in [5.41, 5.74) is 0. The quantitative estimate of drug-likeness (QED) is 0.819. The molecular weight excluding hydrogens is 380 g/mol. The maximum absolute atomic E-state index is 12.5. The fourth-order valence-electron chi connectivity index (χ4n) is 2.39. The minimum Gasteiger partial charge on any atom is -0.495 e. The van der Waals surface area contributed by atoms with Crippen LogP contribution in [0.5, 0.6) is 5.75 Å². The molecule has 2 atom stereocenters. The van der Waals surface area contributed by atoms with Crippen LogP contribution in [0.1, 0.15) is 19.8 Å². The van der Waals surface area contributed by atoms with Crippen molar-refractivity contribution < 1.29 is 13.2 Å². The first kappa shape index (κ1) is 17.0. The summed E-state index contributed by atoms with van der Waals surface area (Å²) >= 11 is 9.29. The van der Waals surface area contributed by atoms with Crippen molar-refractivity contribution >= 4 is 37.6 Å². The van der Waals surface area contributed by atoms with Gasteiger partial charge in [0.15, 0.2) is 0 Å². The van der Waals surface area contributed by atoms with Crippen molar-refractivity contribution in [2.24, 2.45) is 0 Å². The molecule has 1 heterocycles. The zero-order chi connectivity index (χ0) is 15.6. The van der Waals surface area contributed by atoms with Crippen LogP contribution in [0.15, 0.2) is 21.5 Å². The number of rotatable bonds is 4. The van der Waals surface area contributed by atoms with E-state index in [1.807, 2.05) is 6.92 Å². The van der Waals surface area contributed by atoms with Crippen molar-refractivity contribution in [2.45, 2.75) is 36.7 Å². The Hall–Kier alpha value is -0.340. The van der Waals surface area contributed by atoms with Crippen LogP contribution in [0.3, 0.4) is 0 Å². The molecule has 0 aliphatic carbocycles. The van der Waals surface area contributed by atoms with Crippen LogP contribution in [0.25, 0.3) is 0 Å². The van der Waals surface area contributed by atoms with E-state index in [0.717, 1.165) is 19.4 Å². The van der Waals surface area contributed by atoms with E-state index in [0.29, 0.717) is 16.3 Å². The Bertz CT molecular complexity index is 624. The van der Waals surface area contributed by atoms with Gasteiger partial charge >= 0.3 is 0 Å².